The topological polar surface area (TPSA) is 32.3 Å². The molecule has 1 aliphatic carbocycles. The monoisotopic (exact) mass is 290 g/mol. The zero-order valence-electron chi connectivity index (χ0n) is 12.4. The smallest absolute Gasteiger partial charge is 0.318 e. The molecule has 1 aromatic carbocycles. The zero-order valence-corrected chi connectivity index (χ0v) is 12.4. The Bertz CT molecular complexity index is 499. The van der Waals surface area contributed by atoms with E-state index in [9.17, 15) is 9.18 Å². The van der Waals surface area contributed by atoms with Crippen LogP contribution in [0.5, 0.6) is 0 Å². The van der Waals surface area contributed by atoms with Crippen LogP contribution in [0.25, 0.3) is 0 Å². The predicted molar refractivity (Wildman–Crippen MR) is 80.5 cm³/mol. The van der Waals surface area contributed by atoms with Gasteiger partial charge in [-0.3, -0.25) is 0 Å². The summed E-state index contributed by atoms with van der Waals surface area (Å²) in [5.41, 5.74) is 0.909. The lowest BCUT2D eigenvalue weighted by atomic mass is 9.96. The van der Waals surface area contributed by atoms with E-state index in [4.69, 9.17) is 0 Å². The van der Waals surface area contributed by atoms with E-state index in [-0.39, 0.29) is 17.9 Å². The van der Waals surface area contributed by atoms with Crippen molar-refractivity contribution in [2.24, 2.45) is 0 Å². The number of rotatable bonds is 2. The highest BCUT2D eigenvalue weighted by atomic mass is 19.1. The maximum Gasteiger partial charge on any atom is 0.318 e. The van der Waals surface area contributed by atoms with Crippen molar-refractivity contribution in [3.63, 3.8) is 0 Å². The number of likely N-dealkylation sites (tertiary alicyclic amines) is 1. The highest BCUT2D eigenvalue weighted by Crippen LogP contribution is 2.32. The molecule has 0 radical (unpaired) electrons. The molecule has 1 atom stereocenters. The SMILES string of the molecule is O=C(NC1CCCCC1)N1CCC[C@H]1c1cccc(F)c1. The van der Waals surface area contributed by atoms with Crippen molar-refractivity contribution < 1.29 is 9.18 Å². The molecule has 2 fully saturated rings. The van der Waals surface area contributed by atoms with E-state index in [1.54, 1.807) is 12.1 Å². The largest absolute Gasteiger partial charge is 0.335 e. The van der Waals surface area contributed by atoms with Gasteiger partial charge in [-0.15, -0.1) is 0 Å². The molecule has 1 heterocycles. The molecule has 2 aliphatic rings. The first-order valence-electron chi connectivity index (χ1n) is 8.06. The quantitative estimate of drug-likeness (QED) is 0.877. The van der Waals surface area contributed by atoms with Crippen molar-refractivity contribution in [3.05, 3.63) is 35.6 Å². The number of carbonyl (C=O) groups is 1. The normalized spacial score (nSPS) is 23.3. The lowest BCUT2D eigenvalue weighted by molar-refractivity contribution is 0.185. The van der Waals surface area contributed by atoms with Gasteiger partial charge in [0.25, 0.3) is 0 Å². The molecule has 0 unspecified atom stereocenters. The lowest BCUT2D eigenvalue weighted by Gasteiger charge is -2.29. The molecule has 4 heteroatoms. The Hall–Kier alpha value is -1.58. The van der Waals surface area contributed by atoms with Gasteiger partial charge in [-0.25, -0.2) is 9.18 Å². The molecule has 0 spiro atoms. The van der Waals surface area contributed by atoms with Crippen LogP contribution >= 0.6 is 0 Å². The number of nitrogens with one attached hydrogen (secondary N) is 1. The molecule has 3 rings (SSSR count). The third kappa shape index (κ3) is 3.36. The Labute approximate surface area is 125 Å². The highest BCUT2D eigenvalue weighted by Gasteiger charge is 2.31. The van der Waals surface area contributed by atoms with Crippen LogP contribution in [0, 0.1) is 5.82 Å². The fourth-order valence-electron chi connectivity index (χ4n) is 3.57. The van der Waals surface area contributed by atoms with E-state index >= 15 is 0 Å². The number of nitrogens with zero attached hydrogens (tertiary/aromatic N) is 1. The van der Waals surface area contributed by atoms with Gasteiger partial charge < -0.3 is 10.2 Å². The fraction of sp³-hybridized carbons (Fsp3) is 0.588. The lowest BCUT2D eigenvalue weighted by Crippen LogP contribution is -2.45. The summed E-state index contributed by atoms with van der Waals surface area (Å²) in [6.07, 6.45) is 7.77. The minimum absolute atomic E-state index is 0.0179. The van der Waals surface area contributed by atoms with Crippen LogP contribution in [-0.2, 0) is 0 Å². The molecule has 1 N–H and O–H groups in total. The molecule has 114 valence electrons. The van der Waals surface area contributed by atoms with Gasteiger partial charge in [-0.2, -0.15) is 0 Å². The van der Waals surface area contributed by atoms with E-state index in [0.717, 1.165) is 37.8 Å². The van der Waals surface area contributed by atoms with Crippen LogP contribution < -0.4 is 5.32 Å². The number of benzene rings is 1. The van der Waals surface area contributed by atoms with Crippen molar-refractivity contribution in [2.75, 3.05) is 6.54 Å². The minimum atomic E-state index is -0.230. The summed E-state index contributed by atoms with van der Waals surface area (Å²) in [6, 6.07) is 7.00. The van der Waals surface area contributed by atoms with E-state index in [1.807, 2.05) is 11.0 Å². The number of hydrogen-bond acceptors (Lipinski definition) is 1. The van der Waals surface area contributed by atoms with Gasteiger partial charge in [0.05, 0.1) is 6.04 Å². The first-order chi connectivity index (χ1) is 10.2. The summed E-state index contributed by atoms with van der Waals surface area (Å²) in [6.45, 7) is 0.764. The molecule has 0 bridgehead atoms. The number of urea groups is 1. The zero-order chi connectivity index (χ0) is 14.7. The molecule has 1 aromatic rings. The fourth-order valence-corrected chi connectivity index (χ4v) is 3.57. The summed E-state index contributed by atoms with van der Waals surface area (Å²) in [4.78, 5) is 14.4. The second kappa shape index (κ2) is 6.46. The molecular formula is C17H23FN2O. The molecule has 21 heavy (non-hydrogen) atoms. The van der Waals surface area contributed by atoms with E-state index in [0.29, 0.717) is 6.04 Å². The third-order valence-corrected chi connectivity index (χ3v) is 4.68. The van der Waals surface area contributed by atoms with Gasteiger partial charge in [0.2, 0.25) is 0 Å². The average molecular weight is 290 g/mol. The Morgan fingerprint density at radius 1 is 1.14 bits per heavy atom. The average Bonchev–Trinajstić information content (AvgIpc) is 2.98. The van der Waals surface area contributed by atoms with Gasteiger partial charge in [0, 0.05) is 12.6 Å². The first-order valence-corrected chi connectivity index (χ1v) is 8.06. The van der Waals surface area contributed by atoms with Crippen LogP contribution in [0.2, 0.25) is 0 Å². The summed E-state index contributed by atoms with van der Waals surface area (Å²) in [7, 11) is 0. The van der Waals surface area contributed by atoms with Crippen molar-refractivity contribution in [1.82, 2.24) is 10.2 Å². The van der Waals surface area contributed by atoms with Gasteiger partial charge in [-0.05, 0) is 43.4 Å². The van der Waals surface area contributed by atoms with Crippen LogP contribution in [0.1, 0.15) is 56.6 Å². The third-order valence-electron chi connectivity index (χ3n) is 4.68. The standard InChI is InChI=1S/C17H23FN2O/c18-14-7-4-6-13(12-14)16-10-5-11-20(16)17(21)19-15-8-2-1-3-9-15/h4,6-7,12,15-16H,1-3,5,8-11H2,(H,19,21)/t16-/m0/s1. The molecular weight excluding hydrogens is 267 g/mol. The van der Waals surface area contributed by atoms with E-state index < -0.39 is 0 Å². The van der Waals surface area contributed by atoms with Crippen LogP contribution in [0.15, 0.2) is 24.3 Å². The summed E-state index contributed by atoms with van der Waals surface area (Å²) in [5, 5.41) is 3.17. The van der Waals surface area contributed by atoms with Crippen molar-refractivity contribution >= 4 is 6.03 Å². The Balaban J connectivity index is 1.67. The van der Waals surface area contributed by atoms with Crippen LogP contribution in [0.4, 0.5) is 9.18 Å². The van der Waals surface area contributed by atoms with Crippen molar-refractivity contribution in [3.8, 4) is 0 Å². The van der Waals surface area contributed by atoms with Crippen molar-refractivity contribution in [1.29, 1.82) is 0 Å². The Morgan fingerprint density at radius 3 is 2.71 bits per heavy atom. The molecule has 1 saturated heterocycles. The second-order valence-corrected chi connectivity index (χ2v) is 6.19. The van der Waals surface area contributed by atoms with E-state index in [1.165, 1.54) is 25.3 Å². The highest BCUT2D eigenvalue weighted by molar-refractivity contribution is 5.75. The molecule has 0 aromatic heterocycles. The predicted octanol–water partition coefficient (Wildman–Crippen LogP) is 4.00. The number of carbonyl (C=O) groups excluding carboxylic acids is 1. The van der Waals surface area contributed by atoms with Gasteiger partial charge >= 0.3 is 6.03 Å². The molecule has 1 saturated carbocycles. The Morgan fingerprint density at radius 2 is 1.95 bits per heavy atom. The number of hydrogen-bond donors (Lipinski definition) is 1. The maximum atomic E-state index is 13.4. The van der Waals surface area contributed by atoms with Crippen LogP contribution in [0.3, 0.4) is 0 Å². The minimum Gasteiger partial charge on any atom is -0.335 e. The summed E-state index contributed by atoms with van der Waals surface area (Å²) >= 11 is 0. The number of halogens is 1. The van der Waals surface area contributed by atoms with Crippen LogP contribution in [-0.4, -0.2) is 23.5 Å². The Kier molecular flexibility index (Phi) is 4.42. The van der Waals surface area contributed by atoms with Crippen molar-refractivity contribution in [2.45, 2.75) is 57.0 Å². The first kappa shape index (κ1) is 14.4. The molecule has 1 aliphatic heterocycles. The van der Waals surface area contributed by atoms with Gasteiger partial charge in [0.15, 0.2) is 0 Å². The number of amides is 2. The molecule has 3 nitrogen and oxygen atoms in total. The second-order valence-electron chi connectivity index (χ2n) is 6.19. The molecule has 2 amide bonds. The van der Waals surface area contributed by atoms with E-state index in [2.05, 4.69) is 5.32 Å². The van der Waals surface area contributed by atoms with Gasteiger partial charge in [-0.1, -0.05) is 31.4 Å². The van der Waals surface area contributed by atoms with Gasteiger partial charge in [0.1, 0.15) is 5.82 Å². The summed E-state index contributed by atoms with van der Waals surface area (Å²) in [5.74, 6) is -0.230. The maximum absolute atomic E-state index is 13.4. The summed E-state index contributed by atoms with van der Waals surface area (Å²) < 4.78 is 13.4.